The van der Waals surface area contributed by atoms with Gasteiger partial charge in [0.1, 0.15) is 0 Å². The van der Waals surface area contributed by atoms with Gasteiger partial charge in [-0.15, -0.1) is 0 Å². The molecule has 1 heterocycles. The van der Waals surface area contributed by atoms with Crippen molar-refractivity contribution < 1.29 is 4.79 Å². The van der Waals surface area contributed by atoms with E-state index < -0.39 is 0 Å². The summed E-state index contributed by atoms with van der Waals surface area (Å²) in [4.78, 5) is 13.8. The van der Waals surface area contributed by atoms with E-state index in [0.717, 1.165) is 18.5 Å². The summed E-state index contributed by atoms with van der Waals surface area (Å²) in [6.45, 7) is 4.69. The van der Waals surface area contributed by atoms with E-state index in [2.05, 4.69) is 6.07 Å². The van der Waals surface area contributed by atoms with Crippen molar-refractivity contribution >= 4 is 11.6 Å². The Kier molecular flexibility index (Phi) is 3.20. The minimum absolute atomic E-state index is 0.216. The maximum Gasteiger partial charge on any atom is 0.227 e. The van der Waals surface area contributed by atoms with Gasteiger partial charge in [-0.25, -0.2) is 0 Å². The quantitative estimate of drug-likeness (QED) is 0.867. The average Bonchev–Trinajstić information content (AvgIpc) is 2.26. The van der Waals surface area contributed by atoms with Crippen LogP contribution >= 0.6 is 0 Å². The molecule has 3 nitrogen and oxygen atoms in total. The van der Waals surface area contributed by atoms with Crippen LogP contribution < -0.4 is 10.6 Å². The molecule has 0 saturated carbocycles. The molecule has 2 rings (SSSR count). The number of hydrogen-bond acceptors (Lipinski definition) is 2. The Bertz CT molecular complexity index is 420. The molecule has 0 atom stereocenters. The highest BCUT2D eigenvalue weighted by Crippen LogP contribution is 2.28. The molecule has 1 aliphatic heterocycles. The smallest absolute Gasteiger partial charge is 0.227 e. The van der Waals surface area contributed by atoms with Gasteiger partial charge < -0.3 is 10.6 Å². The second-order valence-electron chi connectivity index (χ2n) is 5.41. The van der Waals surface area contributed by atoms with Gasteiger partial charge in [0.15, 0.2) is 0 Å². The molecule has 0 unspecified atom stereocenters. The third-order valence-electron chi connectivity index (χ3n) is 3.17. The highest BCUT2D eigenvalue weighted by molar-refractivity contribution is 5.96. The molecule has 0 spiro atoms. The number of carbonyl (C=O) groups excluding carboxylic acids is 1. The molecule has 17 heavy (non-hydrogen) atoms. The van der Waals surface area contributed by atoms with Crippen molar-refractivity contribution in [1.82, 2.24) is 0 Å². The van der Waals surface area contributed by atoms with Gasteiger partial charge in [-0.3, -0.25) is 4.79 Å². The van der Waals surface area contributed by atoms with Gasteiger partial charge in [0.05, 0.1) is 0 Å². The van der Waals surface area contributed by atoms with Crippen LogP contribution in [0.1, 0.15) is 32.3 Å². The lowest BCUT2D eigenvalue weighted by molar-refractivity contribution is -0.118. The summed E-state index contributed by atoms with van der Waals surface area (Å²) in [7, 11) is 0. The van der Waals surface area contributed by atoms with Crippen molar-refractivity contribution in [3.05, 3.63) is 29.8 Å². The number of fused-ring (bicyclic) bond motifs is 1. The van der Waals surface area contributed by atoms with Crippen LogP contribution in [-0.4, -0.2) is 18.0 Å². The summed E-state index contributed by atoms with van der Waals surface area (Å²) in [6.07, 6.45) is 2.28. The van der Waals surface area contributed by atoms with Crippen LogP contribution in [0.25, 0.3) is 0 Å². The van der Waals surface area contributed by atoms with Gasteiger partial charge in [0.2, 0.25) is 5.91 Å². The molecule has 1 aromatic carbocycles. The summed E-state index contributed by atoms with van der Waals surface area (Å²) in [6, 6.07) is 8.13. The predicted molar refractivity (Wildman–Crippen MR) is 70.0 cm³/mol. The predicted octanol–water partition coefficient (Wildman–Crippen LogP) is 2.09. The first kappa shape index (κ1) is 12.1. The summed E-state index contributed by atoms with van der Waals surface area (Å²) >= 11 is 0. The average molecular weight is 232 g/mol. The lowest BCUT2D eigenvalue weighted by Crippen LogP contribution is -2.41. The van der Waals surface area contributed by atoms with Crippen LogP contribution in [0.4, 0.5) is 5.69 Å². The van der Waals surface area contributed by atoms with Gasteiger partial charge in [0, 0.05) is 24.2 Å². The molecule has 1 aromatic rings. The molecular weight excluding hydrogens is 212 g/mol. The van der Waals surface area contributed by atoms with Gasteiger partial charge in [0.25, 0.3) is 0 Å². The van der Waals surface area contributed by atoms with Crippen molar-refractivity contribution in [2.75, 3.05) is 11.4 Å². The van der Waals surface area contributed by atoms with Crippen molar-refractivity contribution in [2.45, 2.75) is 38.6 Å². The monoisotopic (exact) mass is 232 g/mol. The van der Waals surface area contributed by atoms with Crippen molar-refractivity contribution in [3.63, 3.8) is 0 Å². The molecule has 1 amide bonds. The maximum absolute atomic E-state index is 12.0. The van der Waals surface area contributed by atoms with Gasteiger partial charge >= 0.3 is 0 Å². The number of nitrogens with zero attached hydrogens (tertiary/aromatic N) is 1. The van der Waals surface area contributed by atoms with E-state index in [-0.39, 0.29) is 11.4 Å². The van der Waals surface area contributed by atoms with Crippen LogP contribution in [0, 0.1) is 0 Å². The molecular formula is C14H20N2O. The SMILES string of the molecule is CC(C)(N)CCN1C(=O)CCc2ccccc21. The summed E-state index contributed by atoms with van der Waals surface area (Å²) in [5, 5.41) is 0. The number of amides is 1. The second-order valence-corrected chi connectivity index (χ2v) is 5.41. The Morgan fingerprint density at radius 3 is 2.71 bits per heavy atom. The number of nitrogens with two attached hydrogens (primary N) is 1. The normalized spacial score (nSPS) is 15.9. The van der Waals surface area contributed by atoms with Crippen molar-refractivity contribution in [1.29, 1.82) is 0 Å². The van der Waals surface area contributed by atoms with Crippen LogP contribution in [0.15, 0.2) is 24.3 Å². The number of aryl methyl sites for hydroxylation is 1. The first-order valence-electron chi connectivity index (χ1n) is 6.14. The Hall–Kier alpha value is -1.35. The van der Waals surface area contributed by atoms with E-state index in [1.165, 1.54) is 5.56 Å². The fourth-order valence-electron chi connectivity index (χ4n) is 2.14. The minimum atomic E-state index is -0.229. The van der Waals surface area contributed by atoms with E-state index in [4.69, 9.17) is 5.73 Å². The fourth-order valence-corrected chi connectivity index (χ4v) is 2.14. The molecule has 2 N–H and O–H groups in total. The first-order valence-corrected chi connectivity index (χ1v) is 6.14. The van der Waals surface area contributed by atoms with E-state index >= 15 is 0 Å². The molecule has 0 aliphatic carbocycles. The van der Waals surface area contributed by atoms with Crippen molar-refractivity contribution in [3.8, 4) is 0 Å². The van der Waals surface area contributed by atoms with E-state index in [0.29, 0.717) is 13.0 Å². The molecule has 0 saturated heterocycles. The van der Waals surface area contributed by atoms with Crippen LogP contribution in [-0.2, 0) is 11.2 Å². The molecule has 0 bridgehead atoms. The zero-order chi connectivity index (χ0) is 12.5. The van der Waals surface area contributed by atoms with E-state index in [1.807, 2.05) is 36.9 Å². The fraction of sp³-hybridized carbons (Fsp3) is 0.500. The zero-order valence-electron chi connectivity index (χ0n) is 10.6. The third-order valence-corrected chi connectivity index (χ3v) is 3.17. The molecule has 92 valence electrons. The van der Waals surface area contributed by atoms with Gasteiger partial charge in [-0.05, 0) is 38.3 Å². The highest BCUT2D eigenvalue weighted by Gasteiger charge is 2.24. The Morgan fingerprint density at radius 1 is 1.29 bits per heavy atom. The standard InChI is InChI=1S/C14H20N2O/c1-14(2,15)9-10-16-12-6-4-3-5-11(12)7-8-13(16)17/h3-6H,7-10,15H2,1-2H3. The molecule has 0 fully saturated rings. The highest BCUT2D eigenvalue weighted by atomic mass is 16.2. The van der Waals surface area contributed by atoms with Crippen LogP contribution in [0.2, 0.25) is 0 Å². The molecule has 3 heteroatoms. The second kappa shape index (κ2) is 4.49. The molecule has 0 radical (unpaired) electrons. The number of hydrogen-bond donors (Lipinski definition) is 1. The van der Waals surface area contributed by atoms with Crippen LogP contribution in [0.3, 0.4) is 0 Å². The topological polar surface area (TPSA) is 46.3 Å². The zero-order valence-corrected chi connectivity index (χ0v) is 10.6. The van der Waals surface area contributed by atoms with Gasteiger partial charge in [-0.2, -0.15) is 0 Å². The van der Waals surface area contributed by atoms with Crippen LogP contribution in [0.5, 0.6) is 0 Å². The van der Waals surface area contributed by atoms with E-state index in [9.17, 15) is 4.79 Å². The Labute approximate surface area is 103 Å². The molecule has 1 aliphatic rings. The Balaban J connectivity index is 2.18. The summed E-state index contributed by atoms with van der Waals surface area (Å²) < 4.78 is 0. The maximum atomic E-state index is 12.0. The number of benzene rings is 1. The first-order chi connectivity index (χ1) is 7.97. The lowest BCUT2D eigenvalue weighted by atomic mass is 9.98. The van der Waals surface area contributed by atoms with Crippen molar-refractivity contribution in [2.24, 2.45) is 5.73 Å². The lowest BCUT2D eigenvalue weighted by Gasteiger charge is -2.31. The number of rotatable bonds is 3. The largest absolute Gasteiger partial charge is 0.325 e. The number of anilines is 1. The molecule has 0 aromatic heterocycles. The number of carbonyl (C=O) groups is 1. The minimum Gasteiger partial charge on any atom is -0.325 e. The summed E-state index contributed by atoms with van der Waals surface area (Å²) in [5.74, 6) is 0.216. The third kappa shape index (κ3) is 2.86. The van der Waals surface area contributed by atoms with E-state index in [1.54, 1.807) is 0 Å². The summed E-state index contributed by atoms with van der Waals surface area (Å²) in [5.41, 5.74) is 8.08. The van der Waals surface area contributed by atoms with Gasteiger partial charge in [-0.1, -0.05) is 18.2 Å². The number of para-hydroxylation sites is 1. The Morgan fingerprint density at radius 2 is 2.00 bits per heavy atom.